The molecule has 0 aliphatic carbocycles. The minimum absolute atomic E-state index is 0.00194. The van der Waals surface area contributed by atoms with Crippen LogP contribution in [0.5, 0.6) is 0 Å². The van der Waals surface area contributed by atoms with E-state index < -0.39 is 18.5 Å². The highest BCUT2D eigenvalue weighted by molar-refractivity contribution is 7.14. The fourth-order valence-corrected chi connectivity index (χ4v) is 3.87. The van der Waals surface area contributed by atoms with Gasteiger partial charge in [-0.2, -0.15) is 5.26 Å². The SMILES string of the molecule is Cc1cccc(-c2nc(CC(=O)OCC(=O)Nc3sccc3C#N)cs2)c1. The fraction of sp³-hybridized carbons (Fsp3) is 0.158. The molecule has 0 aliphatic rings. The number of benzene rings is 1. The first-order valence-corrected chi connectivity index (χ1v) is 9.75. The van der Waals surface area contributed by atoms with Crippen LogP contribution in [0.1, 0.15) is 16.8 Å². The van der Waals surface area contributed by atoms with Crippen molar-refractivity contribution in [3.63, 3.8) is 0 Å². The van der Waals surface area contributed by atoms with Crippen LogP contribution in [0.15, 0.2) is 41.1 Å². The Hall–Kier alpha value is -3.02. The highest BCUT2D eigenvalue weighted by atomic mass is 32.1. The summed E-state index contributed by atoms with van der Waals surface area (Å²) in [6, 6.07) is 11.6. The predicted molar refractivity (Wildman–Crippen MR) is 105 cm³/mol. The van der Waals surface area contributed by atoms with E-state index in [1.54, 1.807) is 11.4 Å². The van der Waals surface area contributed by atoms with Crippen LogP contribution in [0.3, 0.4) is 0 Å². The van der Waals surface area contributed by atoms with Gasteiger partial charge in [-0.3, -0.25) is 9.59 Å². The first kappa shape index (κ1) is 18.8. The number of thiophene rings is 1. The molecule has 1 amide bonds. The second-order valence-electron chi connectivity index (χ2n) is 5.67. The van der Waals surface area contributed by atoms with E-state index in [4.69, 9.17) is 10.00 Å². The lowest BCUT2D eigenvalue weighted by atomic mass is 10.1. The average Bonchev–Trinajstić information content (AvgIpc) is 3.29. The Morgan fingerprint density at radius 3 is 2.93 bits per heavy atom. The summed E-state index contributed by atoms with van der Waals surface area (Å²) in [5.74, 6) is -1.01. The number of nitriles is 1. The van der Waals surface area contributed by atoms with E-state index >= 15 is 0 Å². The van der Waals surface area contributed by atoms with Gasteiger partial charge in [-0.1, -0.05) is 23.8 Å². The summed E-state index contributed by atoms with van der Waals surface area (Å²) < 4.78 is 5.00. The first-order chi connectivity index (χ1) is 13.0. The van der Waals surface area contributed by atoms with Gasteiger partial charge >= 0.3 is 5.97 Å². The lowest BCUT2D eigenvalue weighted by Crippen LogP contribution is -2.21. The lowest BCUT2D eigenvalue weighted by Gasteiger charge is -2.04. The van der Waals surface area contributed by atoms with Gasteiger partial charge in [-0.15, -0.1) is 22.7 Å². The Balaban J connectivity index is 1.51. The molecule has 1 aromatic carbocycles. The third kappa shape index (κ3) is 5.00. The Morgan fingerprint density at radius 1 is 1.30 bits per heavy atom. The predicted octanol–water partition coefficient (Wildman–Crippen LogP) is 3.78. The van der Waals surface area contributed by atoms with Crippen LogP contribution in [0.4, 0.5) is 5.00 Å². The molecule has 0 saturated heterocycles. The fourth-order valence-electron chi connectivity index (χ4n) is 2.30. The average molecular weight is 397 g/mol. The van der Waals surface area contributed by atoms with Crippen LogP contribution in [0.25, 0.3) is 10.6 Å². The maximum atomic E-state index is 12.0. The van der Waals surface area contributed by atoms with E-state index in [9.17, 15) is 9.59 Å². The molecular weight excluding hydrogens is 382 g/mol. The van der Waals surface area contributed by atoms with Crippen molar-refractivity contribution in [3.8, 4) is 16.6 Å². The van der Waals surface area contributed by atoms with Gasteiger partial charge in [0.1, 0.15) is 16.1 Å². The largest absolute Gasteiger partial charge is 0.455 e. The number of nitrogens with one attached hydrogen (secondary N) is 1. The number of aryl methyl sites for hydroxylation is 1. The highest BCUT2D eigenvalue weighted by Gasteiger charge is 2.13. The summed E-state index contributed by atoms with van der Waals surface area (Å²) in [7, 11) is 0. The van der Waals surface area contributed by atoms with Crippen LogP contribution < -0.4 is 5.32 Å². The summed E-state index contributed by atoms with van der Waals surface area (Å²) >= 11 is 2.69. The van der Waals surface area contributed by atoms with Gasteiger partial charge < -0.3 is 10.1 Å². The van der Waals surface area contributed by atoms with E-state index in [-0.39, 0.29) is 6.42 Å². The summed E-state index contributed by atoms with van der Waals surface area (Å²) in [6.45, 7) is 1.60. The smallest absolute Gasteiger partial charge is 0.312 e. The molecule has 27 heavy (non-hydrogen) atoms. The van der Waals surface area contributed by atoms with Crippen molar-refractivity contribution in [1.82, 2.24) is 4.98 Å². The van der Waals surface area contributed by atoms with Crippen LogP contribution >= 0.6 is 22.7 Å². The van der Waals surface area contributed by atoms with Gasteiger partial charge in [0.25, 0.3) is 5.91 Å². The second-order valence-corrected chi connectivity index (χ2v) is 7.45. The molecule has 2 heterocycles. The number of anilines is 1. The number of rotatable bonds is 6. The molecule has 3 rings (SSSR count). The Kier molecular flexibility index (Phi) is 5.96. The third-order valence-corrected chi connectivity index (χ3v) is 5.32. The van der Waals surface area contributed by atoms with Gasteiger partial charge in [0.2, 0.25) is 0 Å². The standard InChI is InChI=1S/C19H15N3O3S2/c1-12-3-2-4-13(7-12)18-21-15(11-27-18)8-17(24)25-10-16(23)22-19-14(9-20)5-6-26-19/h2-7,11H,8,10H2,1H3,(H,22,23). The molecule has 0 bridgehead atoms. The summed E-state index contributed by atoms with van der Waals surface area (Å²) in [5.41, 5.74) is 3.13. The summed E-state index contributed by atoms with van der Waals surface area (Å²) in [6.07, 6.45) is -0.00194. The lowest BCUT2D eigenvalue weighted by molar-refractivity contribution is -0.146. The van der Waals surface area contributed by atoms with E-state index in [1.807, 2.05) is 42.6 Å². The van der Waals surface area contributed by atoms with Crippen LogP contribution in [0.2, 0.25) is 0 Å². The van der Waals surface area contributed by atoms with Crippen molar-refractivity contribution in [1.29, 1.82) is 5.26 Å². The quantitative estimate of drug-likeness (QED) is 0.639. The molecule has 2 aromatic heterocycles. The molecule has 0 radical (unpaired) electrons. The molecule has 3 aromatic rings. The molecule has 0 fully saturated rings. The van der Waals surface area contributed by atoms with Crippen LogP contribution in [-0.4, -0.2) is 23.5 Å². The molecular formula is C19H15N3O3S2. The normalized spacial score (nSPS) is 10.2. The number of ether oxygens (including phenoxy) is 1. The minimum atomic E-state index is -0.530. The molecule has 8 heteroatoms. The van der Waals surface area contributed by atoms with Gasteiger partial charge in [0.15, 0.2) is 6.61 Å². The van der Waals surface area contributed by atoms with Crippen molar-refractivity contribution in [3.05, 3.63) is 57.9 Å². The number of carbonyl (C=O) groups is 2. The second kappa shape index (κ2) is 8.58. The number of amides is 1. The van der Waals surface area contributed by atoms with Gasteiger partial charge in [-0.25, -0.2) is 4.98 Å². The van der Waals surface area contributed by atoms with Gasteiger partial charge in [-0.05, 0) is 24.4 Å². The number of aromatic nitrogens is 1. The number of carbonyl (C=O) groups excluding carboxylic acids is 2. The van der Waals surface area contributed by atoms with Crippen molar-refractivity contribution in [2.75, 3.05) is 11.9 Å². The maximum absolute atomic E-state index is 12.0. The van der Waals surface area contributed by atoms with Gasteiger partial charge in [0.05, 0.1) is 17.7 Å². The molecule has 1 N–H and O–H groups in total. The Labute approximate surface area is 164 Å². The molecule has 6 nitrogen and oxygen atoms in total. The summed E-state index contributed by atoms with van der Waals surface area (Å²) in [4.78, 5) is 28.3. The number of hydrogen-bond donors (Lipinski definition) is 1. The Morgan fingerprint density at radius 2 is 2.15 bits per heavy atom. The highest BCUT2D eigenvalue weighted by Crippen LogP contribution is 2.25. The van der Waals surface area contributed by atoms with Crippen LogP contribution in [-0.2, 0) is 20.7 Å². The molecule has 136 valence electrons. The number of thiazole rings is 1. The zero-order valence-electron chi connectivity index (χ0n) is 14.4. The Bertz CT molecular complexity index is 1020. The van der Waals surface area contributed by atoms with E-state index in [0.717, 1.165) is 16.1 Å². The van der Waals surface area contributed by atoms with Crippen molar-refractivity contribution >= 4 is 39.6 Å². The minimum Gasteiger partial charge on any atom is -0.455 e. The van der Waals surface area contributed by atoms with Gasteiger partial charge in [0, 0.05) is 10.9 Å². The topological polar surface area (TPSA) is 92.1 Å². The molecule has 0 unspecified atom stereocenters. The summed E-state index contributed by atoms with van der Waals surface area (Å²) in [5, 5.41) is 16.3. The van der Waals surface area contributed by atoms with E-state index in [2.05, 4.69) is 10.3 Å². The maximum Gasteiger partial charge on any atom is 0.312 e. The number of esters is 1. The zero-order valence-corrected chi connectivity index (χ0v) is 16.0. The number of hydrogen-bond acceptors (Lipinski definition) is 7. The third-order valence-electron chi connectivity index (χ3n) is 3.55. The zero-order chi connectivity index (χ0) is 19.2. The molecule has 0 spiro atoms. The molecule has 0 saturated carbocycles. The van der Waals surface area contributed by atoms with Crippen LogP contribution in [0, 0.1) is 18.3 Å². The van der Waals surface area contributed by atoms with Crippen molar-refractivity contribution < 1.29 is 14.3 Å². The van der Waals surface area contributed by atoms with Crippen molar-refractivity contribution in [2.45, 2.75) is 13.3 Å². The number of nitrogens with zero attached hydrogens (tertiary/aromatic N) is 2. The first-order valence-electron chi connectivity index (χ1n) is 7.99. The van der Waals surface area contributed by atoms with Crippen molar-refractivity contribution in [2.24, 2.45) is 0 Å². The molecule has 0 atom stereocenters. The monoisotopic (exact) mass is 397 g/mol. The molecule has 0 aliphatic heterocycles. The van der Waals surface area contributed by atoms with E-state index in [0.29, 0.717) is 16.3 Å². The van der Waals surface area contributed by atoms with E-state index in [1.165, 1.54) is 22.7 Å².